The lowest BCUT2D eigenvalue weighted by atomic mass is 10.1. The second-order valence-corrected chi connectivity index (χ2v) is 9.45. The van der Waals surface area contributed by atoms with Gasteiger partial charge in [-0.1, -0.05) is 35.4 Å². The molecule has 9 nitrogen and oxygen atoms in total. The van der Waals surface area contributed by atoms with Crippen LogP contribution < -0.4 is 10.3 Å². The SMILES string of the molecule is O=C(CN(CCCSOOO)c1ccc2ccccc2c1)N/N=C/c1cc(Br)c(O)c(Br)c1O. The molecule has 4 N–H and O–H groups in total. The van der Waals surface area contributed by atoms with Crippen molar-refractivity contribution in [3.05, 3.63) is 63.0 Å². The summed E-state index contributed by atoms with van der Waals surface area (Å²) in [5, 5.41) is 37.9. The lowest BCUT2D eigenvalue weighted by Gasteiger charge is -2.24. The van der Waals surface area contributed by atoms with Crippen molar-refractivity contribution in [2.24, 2.45) is 5.10 Å². The third kappa shape index (κ3) is 7.08. The van der Waals surface area contributed by atoms with E-state index in [1.54, 1.807) is 0 Å². The summed E-state index contributed by atoms with van der Waals surface area (Å²) in [6.45, 7) is 0.572. The highest BCUT2D eigenvalue weighted by molar-refractivity contribution is 9.11. The van der Waals surface area contributed by atoms with Gasteiger partial charge in [0, 0.05) is 35.6 Å². The zero-order valence-electron chi connectivity index (χ0n) is 17.6. The van der Waals surface area contributed by atoms with E-state index in [4.69, 9.17) is 5.26 Å². The summed E-state index contributed by atoms with van der Waals surface area (Å²) in [5.41, 5.74) is 3.63. The minimum Gasteiger partial charge on any atom is -0.506 e. The number of halogens is 2. The molecule has 0 unspecified atom stereocenters. The number of hydrazone groups is 1. The van der Waals surface area contributed by atoms with Crippen LogP contribution in [-0.2, 0) is 14.2 Å². The minimum atomic E-state index is -0.358. The van der Waals surface area contributed by atoms with Crippen LogP contribution in [0, 0.1) is 0 Å². The molecule has 12 heteroatoms. The zero-order chi connectivity index (χ0) is 24.5. The number of carbonyl (C=O) groups excluding carboxylic acids is 1. The van der Waals surface area contributed by atoms with E-state index in [9.17, 15) is 15.0 Å². The van der Waals surface area contributed by atoms with Crippen molar-refractivity contribution in [3.63, 3.8) is 0 Å². The van der Waals surface area contributed by atoms with Crippen LogP contribution in [0.25, 0.3) is 10.8 Å². The molecule has 0 saturated carbocycles. The van der Waals surface area contributed by atoms with Gasteiger partial charge in [0.05, 0.1) is 17.2 Å². The molecule has 3 aromatic carbocycles. The van der Waals surface area contributed by atoms with Crippen molar-refractivity contribution in [3.8, 4) is 11.5 Å². The van der Waals surface area contributed by atoms with Gasteiger partial charge in [-0.25, -0.2) is 10.7 Å². The van der Waals surface area contributed by atoms with Crippen molar-refractivity contribution in [1.29, 1.82) is 0 Å². The lowest BCUT2D eigenvalue weighted by molar-refractivity contribution is -0.432. The number of nitrogens with one attached hydrogen (secondary N) is 1. The first-order valence-corrected chi connectivity index (χ1v) is 12.5. The van der Waals surface area contributed by atoms with Gasteiger partial charge in [-0.05, 0) is 67.3 Å². The molecule has 0 spiro atoms. The fraction of sp³-hybridized carbons (Fsp3) is 0.182. The van der Waals surface area contributed by atoms with Gasteiger partial charge in [-0.15, -0.1) is 4.33 Å². The van der Waals surface area contributed by atoms with E-state index in [2.05, 4.69) is 51.8 Å². The summed E-state index contributed by atoms with van der Waals surface area (Å²) in [6, 6.07) is 15.4. The topological polar surface area (TPSA) is 124 Å². The van der Waals surface area contributed by atoms with Crippen LogP contribution in [0.2, 0.25) is 0 Å². The van der Waals surface area contributed by atoms with Gasteiger partial charge in [-0.2, -0.15) is 5.10 Å². The maximum absolute atomic E-state index is 12.6. The van der Waals surface area contributed by atoms with Crippen LogP contribution in [-0.4, -0.2) is 46.4 Å². The summed E-state index contributed by atoms with van der Waals surface area (Å²) >= 11 is 7.24. The number of phenolic OH excluding ortho intramolecular Hbond substituents is 2. The molecule has 0 aliphatic rings. The summed E-state index contributed by atoms with van der Waals surface area (Å²) in [4.78, 5) is 14.5. The van der Waals surface area contributed by atoms with Gasteiger partial charge in [0.2, 0.25) is 0 Å². The predicted molar refractivity (Wildman–Crippen MR) is 139 cm³/mol. The third-order valence-corrected chi connectivity index (χ3v) is 6.73. The number of carbonyl (C=O) groups is 1. The summed E-state index contributed by atoms with van der Waals surface area (Å²) < 4.78 is 4.88. The number of aromatic hydroxyl groups is 2. The van der Waals surface area contributed by atoms with Crippen molar-refractivity contribution in [1.82, 2.24) is 5.43 Å². The smallest absolute Gasteiger partial charge is 0.259 e. The zero-order valence-corrected chi connectivity index (χ0v) is 21.6. The highest BCUT2D eigenvalue weighted by Crippen LogP contribution is 2.40. The fourth-order valence-electron chi connectivity index (χ4n) is 3.14. The molecule has 0 radical (unpaired) electrons. The maximum Gasteiger partial charge on any atom is 0.259 e. The Morgan fingerprint density at radius 3 is 2.65 bits per heavy atom. The van der Waals surface area contributed by atoms with E-state index in [1.165, 1.54) is 12.3 Å². The molecule has 0 aliphatic heterocycles. The van der Waals surface area contributed by atoms with Crippen LogP contribution in [0.4, 0.5) is 5.69 Å². The van der Waals surface area contributed by atoms with Crippen LogP contribution in [0.5, 0.6) is 11.5 Å². The van der Waals surface area contributed by atoms with E-state index in [1.807, 2.05) is 47.4 Å². The molecule has 1 amide bonds. The number of benzene rings is 3. The van der Waals surface area contributed by atoms with Crippen molar-refractivity contribution in [2.75, 3.05) is 23.7 Å². The average Bonchev–Trinajstić information content (AvgIpc) is 2.84. The normalized spacial score (nSPS) is 11.3. The summed E-state index contributed by atoms with van der Waals surface area (Å²) in [6.07, 6.45) is 1.94. The molecule has 0 aliphatic carbocycles. The predicted octanol–water partition coefficient (Wildman–Crippen LogP) is 5.19. The number of rotatable bonds is 11. The fourth-order valence-corrected chi connectivity index (χ4v) is 4.65. The Bertz CT molecular complexity index is 1180. The molecule has 180 valence electrons. The first kappa shape index (κ1) is 26.3. The van der Waals surface area contributed by atoms with Gasteiger partial charge in [0.25, 0.3) is 5.91 Å². The molecule has 0 fully saturated rings. The van der Waals surface area contributed by atoms with E-state index in [0.29, 0.717) is 28.8 Å². The van der Waals surface area contributed by atoms with Crippen LogP contribution in [0.1, 0.15) is 12.0 Å². The standard InChI is InChI=1S/C22H21Br2N3O6S/c23-18-11-16(21(29)20(24)22(18)30)12-25-26-19(28)13-27(8-3-9-34-33-32-31)17-7-6-14-4-1-2-5-15(14)10-17/h1-2,4-7,10-12,29-31H,3,8-9,13H2,(H,26,28)/b25-12+. The van der Waals surface area contributed by atoms with Gasteiger partial charge in [0.1, 0.15) is 16.0 Å². The van der Waals surface area contributed by atoms with Crippen molar-refractivity contribution < 1.29 is 29.6 Å². The quantitative estimate of drug-likeness (QED) is 0.0765. The first-order chi connectivity index (χ1) is 16.4. The molecular weight excluding hydrogens is 594 g/mol. The van der Waals surface area contributed by atoms with Crippen molar-refractivity contribution in [2.45, 2.75) is 6.42 Å². The lowest BCUT2D eigenvalue weighted by Crippen LogP contribution is -2.36. The Hall–Kier alpha value is -2.35. The number of phenols is 2. The Kier molecular flexibility index (Phi) is 9.99. The molecule has 0 heterocycles. The molecule has 0 bridgehead atoms. The number of anilines is 1. The van der Waals surface area contributed by atoms with E-state index < -0.39 is 0 Å². The van der Waals surface area contributed by atoms with E-state index >= 15 is 0 Å². The van der Waals surface area contributed by atoms with E-state index in [-0.39, 0.29) is 28.4 Å². The summed E-state index contributed by atoms with van der Waals surface area (Å²) in [7, 11) is 0. The molecule has 3 rings (SSSR count). The largest absolute Gasteiger partial charge is 0.506 e. The average molecular weight is 615 g/mol. The molecular formula is C22H21Br2N3O6S. The number of fused-ring (bicyclic) bond motifs is 1. The Balaban J connectivity index is 1.69. The minimum absolute atomic E-state index is 0.0344. The van der Waals surface area contributed by atoms with Crippen molar-refractivity contribution >= 4 is 72.5 Å². The molecule has 0 aromatic heterocycles. The monoisotopic (exact) mass is 613 g/mol. The number of nitrogens with zero attached hydrogens (tertiary/aromatic N) is 2. The number of amides is 1. The van der Waals surface area contributed by atoms with Gasteiger partial charge in [-0.3, -0.25) is 4.79 Å². The molecule has 0 saturated heterocycles. The Morgan fingerprint density at radius 2 is 1.88 bits per heavy atom. The number of hydrogen-bond acceptors (Lipinski definition) is 9. The molecule has 0 atom stereocenters. The Morgan fingerprint density at radius 1 is 1.12 bits per heavy atom. The van der Waals surface area contributed by atoms with Gasteiger partial charge >= 0.3 is 0 Å². The van der Waals surface area contributed by atoms with Crippen LogP contribution in [0.15, 0.2) is 62.6 Å². The highest BCUT2D eigenvalue weighted by atomic mass is 79.9. The second-order valence-electron chi connectivity index (χ2n) is 7.02. The highest BCUT2D eigenvalue weighted by Gasteiger charge is 2.14. The third-order valence-electron chi connectivity index (χ3n) is 4.76. The molecule has 34 heavy (non-hydrogen) atoms. The van der Waals surface area contributed by atoms with E-state index in [0.717, 1.165) is 28.5 Å². The Labute approximate surface area is 216 Å². The van der Waals surface area contributed by atoms with Crippen LogP contribution in [0.3, 0.4) is 0 Å². The van der Waals surface area contributed by atoms with Gasteiger partial charge < -0.3 is 15.1 Å². The second kappa shape index (κ2) is 12.9. The maximum atomic E-state index is 12.6. The van der Waals surface area contributed by atoms with Gasteiger partial charge in [0.15, 0.2) is 0 Å². The summed E-state index contributed by atoms with van der Waals surface area (Å²) in [5.74, 6) is -0.167. The molecule has 3 aromatic rings. The first-order valence-electron chi connectivity index (χ1n) is 9.96. The number of hydrogen-bond donors (Lipinski definition) is 4. The van der Waals surface area contributed by atoms with Crippen LogP contribution >= 0.6 is 43.9 Å².